The number of hydrogen-bond donors (Lipinski definition) is 1. The molecular weight excluding hydrogens is 267 g/mol. The molecule has 96 valence electrons. The Hall–Kier alpha value is -1.84. The largest absolute Gasteiger partial charge is 0.455 e. The SMILES string of the molecule is OC(c1cc2cccc(F)c2o1)c1ccccc1Cl. The molecule has 0 aliphatic rings. The Bertz CT molecular complexity index is 736. The highest BCUT2D eigenvalue weighted by Crippen LogP contribution is 2.32. The summed E-state index contributed by atoms with van der Waals surface area (Å²) in [7, 11) is 0. The minimum absolute atomic E-state index is 0.142. The van der Waals surface area contributed by atoms with Crippen LogP contribution in [0.1, 0.15) is 17.4 Å². The van der Waals surface area contributed by atoms with Crippen LogP contribution in [0.2, 0.25) is 5.02 Å². The molecule has 2 nitrogen and oxygen atoms in total. The minimum atomic E-state index is -1.01. The van der Waals surface area contributed by atoms with Crippen molar-refractivity contribution in [3.05, 3.63) is 70.7 Å². The van der Waals surface area contributed by atoms with E-state index < -0.39 is 11.9 Å². The lowest BCUT2D eigenvalue weighted by Crippen LogP contribution is -1.98. The molecule has 0 amide bonds. The number of fused-ring (bicyclic) bond motifs is 1. The predicted octanol–water partition coefficient (Wildman–Crippen LogP) is 4.31. The molecule has 19 heavy (non-hydrogen) atoms. The smallest absolute Gasteiger partial charge is 0.170 e. The monoisotopic (exact) mass is 276 g/mol. The molecule has 0 bridgehead atoms. The maximum absolute atomic E-state index is 13.5. The topological polar surface area (TPSA) is 33.4 Å². The zero-order valence-corrected chi connectivity index (χ0v) is 10.6. The van der Waals surface area contributed by atoms with Crippen molar-refractivity contribution in [1.29, 1.82) is 0 Å². The van der Waals surface area contributed by atoms with Crippen molar-refractivity contribution < 1.29 is 13.9 Å². The first kappa shape index (κ1) is 12.2. The number of hydrogen-bond acceptors (Lipinski definition) is 2. The standard InChI is InChI=1S/C15H10ClFO2/c16-11-6-2-1-5-10(11)14(18)13-8-9-4-3-7-12(17)15(9)19-13/h1-8,14,18H. The molecule has 1 aromatic heterocycles. The van der Waals surface area contributed by atoms with Gasteiger partial charge in [-0.2, -0.15) is 0 Å². The summed E-state index contributed by atoms with van der Waals surface area (Å²) in [6.45, 7) is 0. The Morgan fingerprint density at radius 1 is 1.11 bits per heavy atom. The molecule has 0 radical (unpaired) electrons. The quantitative estimate of drug-likeness (QED) is 0.757. The van der Waals surface area contributed by atoms with Gasteiger partial charge in [0.25, 0.3) is 0 Å². The lowest BCUT2D eigenvalue weighted by Gasteiger charge is -2.09. The molecule has 1 heterocycles. The van der Waals surface area contributed by atoms with Crippen molar-refractivity contribution in [2.75, 3.05) is 0 Å². The van der Waals surface area contributed by atoms with Crippen LogP contribution in [0.5, 0.6) is 0 Å². The maximum atomic E-state index is 13.5. The molecular formula is C15H10ClFO2. The molecule has 0 aliphatic carbocycles. The van der Waals surface area contributed by atoms with Crippen molar-refractivity contribution in [3.8, 4) is 0 Å². The van der Waals surface area contributed by atoms with Crippen molar-refractivity contribution in [2.45, 2.75) is 6.10 Å². The van der Waals surface area contributed by atoms with Gasteiger partial charge in [0.1, 0.15) is 11.9 Å². The molecule has 0 spiro atoms. The summed E-state index contributed by atoms with van der Waals surface area (Å²) in [5.74, 6) is -0.177. The Kier molecular flexibility index (Phi) is 3.01. The molecule has 3 rings (SSSR count). The van der Waals surface area contributed by atoms with E-state index in [4.69, 9.17) is 16.0 Å². The van der Waals surface area contributed by atoms with Crippen molar-refractivity contribution in [3.63, 3.8) is 0 Å². The van der Waals surface area contributed by atoms with E-state index in [2.05, 4.69) is 0 Å². The summed E-state index contributed by atoms with van der Waals surface area (Å²) in [5, 5.41) is 11.3. The van der Waals surface area contributed by atoms with Gasteiger partial charge in [-0.3, -0.25) is 0 Å². The lowest BCUT2D eigenvalue weighted by atomic mass is 10.1. The molecule has 3 aromatic rings. The number of aliphatic hydroxyl groups is 1. The van der Waals surface area contributed by atoms with E-state index in [1.807, 2.05) is 0 Å². The molecule has 0 saturated heterocycles. The van der Waals surface area contributed by atoms with Crippen LogP contribution in [-0.4, -0.2) is 5.11 Å². The highest BCUT2D eigenvalue weighted by atomic mass is 35.5. The lowest BCUT2D eigenvalue weighted by molar-refractivity contribution is 0.192. The normalized spacial score (nSPS) is 12.8. The van der Waals surface area contributed by atoms with E-state index in [-0.39, 0.29) is 11.3 Å². The van der Waals surface area contributed by atoms with Crippen LogP contribution in [0, 0.1) is 5.82 Å². The number of para-hydroxylation sites is 1. The number of rotatable bonds is 2. The highest BCUT2D eigenvalue weighted by Gasteiger charge is 2.18. The fraction of sp³-hybridized carbons (Fsp3) is 0.0667. The van der Waals surface area contributed by atoms with Crippen LogP contribution in [-0.2, 0) is 0 Å². The highest BCUT2D eigenvalue weighted by molar-refractivity contribution is 6.31. The third-order valence-electron chi connectivity index (χ3n) is 2.98. The third-order valence-corrected chi connectivity index (χ3v) is 3.33. The predicted molar refractivity (Wildman–Crippen MR) is 71.7 cm³/mol. The van der Waals surface area contributed by atoms with Crippen LogP contribution < -0.4 is 0 Å². The second-order valence-corrected chi connectivity index (χ2v) is 4.64. The molecule has 0 saturated carbocycles. The van der Waals surface area contributed by atoms with Crippen molar-refractivity contribution in [1.82, 2.24) is 0 Å². The number of aliphatic hydroxyl groups excluding tert-OH is 1. The number of benzene rings is 2. The van der Waals surface area contributed by atoms with Gasteiger partial charge >= 0.3 is 0 Å². The average Bonchev–Trinajstić information content (AvgIpc) is 2.84. The Balaban J connectivity index is 2.10. The number of halogens is 2. The van der Waals surface area contributed by atoms with E-state index in [1.165, 1.54) is 6.07 Å². The zero-order chi connectivity index (χ0) is 13.4. The fourth-order valence-electron chi connectivity index (χ4n) is 2.03. The van der Waals surface area contributed by atoms with Gasteiger partial charge in [0.05, 0.1) is 0 Å². The van der Waals surface area contributed by atoms with Gasteiger partial charge in [0, 0.05) is 16.0 Å². The van der Waals surface area contributed by atoms with E-state index in [0.29, 0.717) is 16.0 Å². The molecule has 2 aromatic carbocycles. The van der Waals surface area contributed by atoms with Crippen LogP contribution >= 0.6 is 11.6 Å². The van der Waals surface area contributed by atoms with Crippen molar-refractivity contribution >= 4 is 22.6 Å². The van der Waals surface area contributed by atoms with Crippen LogP contribution in [0.4, 0.5) is 4.39 Å². The average molecular weight is 277 g/mol. The van der Waals surface area contributed by atoms with E-state index in [0.717, 1.165) is 0 Å². The Morgan fingerprint density at radius 2 is 1.89 bits per heavy atom. The van der Waals surface area contributed by atoms with Gasteiger partial charge in [0.15, 0.2) is 11.4 Å². The van der Waals surface area contributed by atoms with Crippen LogP contribution in [0.3, 0.4) is 0 Å². The van der Waals surface area contributed by atoms with Gasteiger partial charge in [0.2, 0.25) is 0 Å². The Morgan fingerprint density at radius 3 is 2.63 bits per heavy atom. The molecule has 4 heteroatoms. The van der Waals surface area contributed by atoms with E-state index in [9.17, 15) is 9.50 Å². The first-order valence-corrected chi connectivity index (χ1v) is 6.15. The summed E-state index contributed by atoms with van der Waals surface area (Å²) in [4.78, 5) is 0. The van der Waals surface area contributed by atoms with Crippen LogP contribution in [0.25, 0.3) is 11.0 Å². The van der Waals surface area contributed by atoms with Crippen molar-refractivity contribution in [2.24, 2.45) is 0 Å². The first-order chi connectivity index (χ1) is 9.16. The molecule has 1 N–H and O–H groups in total. The fourth-order valence-corrected chi connectivity index (χ4v) is 2.27. The van der Waals surface area contributed by atoms with Gasteiger partial charge in [-0.15, -0.1) is 0 Å². The first-order valence-electron chi connectivity index (χ1n) is 5.77. The molecule has 0 aliphatic heterocycles. The summed E-state index contributed by atoms with van der Waals surface area (Å²) in [6.07, 6.45) is -1.01. The molecule has 0 fully saturated rings. The van der Waals surface area contributed by atoms with Gasteiger partial charge < -0.3 is 9.52 Å². The second-order valence-electron chi connectivity index (χ2n) is 4.23. The van der Waals surface area contributed by atoms with E-state index >= 15 is 0 Å². The summed E-state index contributed by atoms with van der Waals surface area (Å²) < 4.78 is 18.9. The van der Waals surface area contributed by atoms with Gasteiger partial charge in [-0.1, -0.05) is 41.9 Å². The van der Waals surface area contributed by atoms with Crippen LogP contribution in [0.15, 0.2) is 52.9 Å². The Labute approximate surface area is 114 Å². The molecule has 1 atom stereocenters. The van der Waals surface area contributed by atoms with E-state index in [1.54, 1.807) is 42.5 Å². The maximum Gasteiger partial charge on any atom is 0.170 e. The number of furan rings is 1. The zero-order valence-electron chi connectivity index (χ0n) is 9.81. The molecule has 1 unspecified atom stereocenters. The summed E-state index contributed by atoms with van der Waals surface area (Å²) >= 11 is 6.02. The summed E-state index contributed by atoms with van der Waals surface area (Å²) in [5.41, 5.74) is 0.673. The second kappa shape index (κ2) is 4.68. The third kappa shape index (κ3) is 2.11. The minimum Gasteiger partial charge on any atom is -0.455 e. The van der Waals surface area contributed by atoms with Gasteiger partial charge in [-0.05, 0) is 18.2 Å². The summed E-state index contributed by atoms with van der Waals surface area (Å²) in [6, 6.07) is 13.2. The van der Waals surface area contributed by atoms with Gasteiger partial charge in [-0.25, -0.2) is 4.39 Å².